The van der Waals surface area contributed by atoms with Gasteiger partial charge in [-0.05, 0) is 6.92 Å². The molecule has 2 heterocycles. The van der Waals surface area contributed by atoms with Gasteiger partial charge >= 0.3 is 5.97 Å². The van der Waals surface area contributed by atoms with Crippen LogP contribution in [0.25, 0.3) is 0 Å². The lowest BCUT2D eigenvalue weighted by molar-refractivity contribution is 0.0506. The Morgan fingerprint density at radius 3 is 2.95 bits per heavy atom. The number of ether oxygens (including phenoxy) is 1. The molecule has 0 amide bonds. The molecule has 0 bridgehead atoms. The lowest BCUT2D eigenvalue weighted by Crippen LogP contribution is -2.12. The second-order valence-electron chi connectivity index (χ2n) is 3.48. The molecule has 0 aliphatic heterocycles. The number of rotatable bonds is 5. The van der Waals surface area contributed by atoms with Crippen LogP contribution in [0.4, 0.5) is 8.78 Å². The first kappa shape index (κ1) is 13.1. The van der Waals surface area contributed by atoms with Gasteiger partial charge in [-0.3, -0.25) is 0 Å². The number of halogens is 2. The fourth-order valence-electron chi connectivity index (χ4n) is 1.47. The average molecular weight is 272 g/mol. The first-order valence-corrected chi connectivity index (χ1v) is 5.41. The molecule has 0 spiro atoms. The Bertz CT molecular complexity index is 553. The van der Waals surface area contributed by atoms with E-state index in [0.29, 0.717) is 5.76 Å². The van der Waals surface area contributed by atoms with Crippen LogP contribution in [0.1, 0.15) is 35.3 Å². The zero-order valence-corrected chi connectivity index (χ0v) is 9.92. The predicted molar refractivity (Wildman–Crippen MR) is 56.5 cm³/mol. The second-order valence-corrected chi connectivity index (χ2v) is 3.48. The van der Waals surface area contributed by atoms with Crippen LogP contribution in [0.2, 0.25) is 0 Å². The van der Waals surface area contributed by atoms with Gasteiger partial charge in [-0.15, -0.1) is 5.10 Å². The van der Waals surface area contributed by atoms with Gasteiger partial charge in [0, 0.05) is 6.07 Å². The SMILES string of the molecule is CCOC(=O)c1nnn(Cc2ccno2)c1C(F)F. The highest BCUT2D eigenvalue weighted by molar-refractivity contribution is 5.88. The van der Waals surface area contributed by atoms with Crippen molar-refractivity contribution in [3.63, 3.8) is 0 Å². The molecule has 19 heavy (non-hydrogen) atoms. The van der Waals surface area contributed by atoms with Crippen LogP contribution in [0.3, 0.4) is 0 Å². The Balaban J connectivity index is 2.31. The van der Waals surface area contributed by atoms with Gasteiger partial charge in [-0.2, -0.15) is 0 Å². The van der Waals surface area contributed by atoms with Gasteiger partial charge < -0.3 is 9.26 Å². The summed E-state index contributed by atoms with van der Waals surface area (Å²) in [5.74, 6) is -0.608. The molecule has 0 saturated carbocycles. The lowest BCUT2D eigenvalue weighted by atomic mass is 10.3. The van der Waals surface area contributed by atoms with E-state index in [1.165, 1.54) is 12.3 Å². The molecule has 7 nitrogen and oxygen atoms in total. The van der Waals surface area contributed by atoms with Crippen molar-refractivity contribution in [3.05, 3.63) is 29.4 Å². The van der Waals surface area contributed by atoms with Gasteiger partial charge in [0.25, 0.3) is 6.43 Å². The molecule has 0 fully saturated rings. The minimum absolute atomic E-state index is 0.0659. The maximum Gasteiger partial charge on any atom is 0.361 e. The van der Waals surface area contributed by atoms with E-state index < -0.39 is 23.8 Å². The summed E-state index contributed by atoms with van der Waals surface area (Å²) in [6.07, 6.45) is -1.53. The van der Waals surface area contributed by atoms with Crippen molar-refractivity contribution in [2.24, 2.45) is 0 Å². The maximum atomic E-state index is 13.0. The number of carbonyl (C=O) groups is 1. The summed E-state index contributed by atoms with van der Waals surface area (Å²) < 4.78 is 36.3. The summed E-state index contributed by atoms with van der Waals surface area (Å²) >= 11 is 0. The Morgan fingerprint density at radius 2 is 2.37 bits per heavy atom. The summed E-state index contributed by atoms with van der Waals surface area (Å²) in [6.45, 7) is 1.54. The quantitative estimate of drug-likeness (QED) is 0.765. The molecule has 0 radical (unpaired) electrons. The van der Waals surface area contributed by atoms with Crippen LogP contribution < -0.4 is 0 Å². The maximum absolute atomic E-state index is 13.0. The number of esters is 1. The zero-order chi connectivity index (χ0) is 13.8. The molecule has 2 aromatic rings. The summed E-state index contributed by atoms with van der Waals surface area (Å²) in [7, 11) is 0. The molecule has 0 aliphatic carbocycles. The van der Waals surface area contributed by atoms with Crippen LogP contribution >= 0.6 is 0 Å². The normalized spacial score (nSPS) is 10.9. The number of hydrogen-bond acceptors (Lipinski definition) is 6. The van der Waals surface area contributed by atoms with Crippen LogP contribution in [0, 0.1) is 0 Å². The van der Waals surface area contributed by atoms with E-state index in [0.717, 1.165) is 4.68 Å². The topological polar surface area (TPSA) is 83.0 Å². The van der Waals surface area contributed by atoms with Crippen molar-refractivity contribution in [2.75, 3.05) is 6.61 Å². The Hall–Kier alpha value is -2.32. The highest BCUT2D eigenvalue weighted by atomic mass is 19.3. The summed E-state index contributed by atoms with van der Waals surface area (Å²) in [6, 6.07) is 1.50. The standard InChI is InChI=1S/C10H10F2N4O3/c1-2-18-10(17)7-8(9(11)12)16(15-14-7)5-6-3-4-13-19-6/h3-4,9H,2,5H2,1H3. The first-order chi connectivity index (χ1) is 9.13. The average Bonchev–Trinajstić information content (AvgIpc) is 2.99. The van der Waals surface area contributed by atoms with Crippen molar-refractivity contribution >= 4 is 5.97 Å². The van der Waals surface area contributed by atoms with Crippen molar-refractivity contribution in [1.82, 2.24) is 20.2 Å². The summed E-state index contributed by atoms with van der Waals surface area (Å²) in [4.78, 5) is 11.5. The molecule has 0 aromatic carbocycles. The van der Waals surface area contributed by atoms with E-state index in [1.54, 1.807) is 6.92 Å². The number of hydrogen-bond donors (Lipinski definition) is 0. The molecular weight excluding hydrogens is 262 g/mol. The molecule has 0 aliphatic rings. The number of nitrogens with zero attached hydrogens (tertiary/aromatic N) is 4. The minimum Gasteiger partial charge on any atom is -0.461 e. The van der Waals surface area contributed by atoms with Crippen LogP contribution in [-0.2, 0) is 11.3 Å². The third kappa shape index (κ3) is 2.75. The highest BCUT2D eigenvalue weighted by Gasteiger charge is 2.27. The molecule has 0 saturated heterocycles. The first-order valence-electron chi connectivity index (χ1n) is 5.41. The highest BCUT2D eigenvalue weighted by Crippen LogP contribution is 2.22. The van der Waals surface area contributed by atoms with E-state index in [2.05, 4.69) is 20.2 Å². The summed E-state index contributed by atoms with van der Waals surface area (Å²) in [5.41, 5.74) is -1.09. The van der Waals surface area contributed by atoms with Gasteiger partial charge in [-0.25, -0.2) is 18.3 Å². The van der Waals surface area contributed by atoms with Gasteiger partial charge in [0.2, 0.25) is 0 Å². The fourth-order valence-corrected chi connectivity index (χ4v) is 1.47. The smallest absolute Gasteiger partial charge is 0.361 e. The molecular formula is C10H10F2N4O3. The lowest BCUT2D eigenvalue weighted by Gasteiger charge is -2.05. The van der Waals surface area contributed by atoms with Gasteiger partial charge in [-0.1, -0.05) is 10.4 Å². The van der Waals surface area contributed by atoms with E-state index in [9.17, 15) is 13.6 Å². The predicted octanol–water partition coefficient (Wildman–Crippen LogP) is 1.43. The van der Waals surface area contributed by atoms with Crippen molar-refractivity contribution in [1.29, 1.82) is 0 Å². The van der Waals surface area contributed by atoms with Gasteiger partial charge in [0.15, 0.2) is 11.5 Å². The van der Waals surface area contributed by atoms with Crippen LogP contribution in [0.5, 0.6) is 0 Å². The Kier molecular flexibility index (Phi) is 3.83. The van der Waals surface area contributed by atoms with Gasteiger partial charge in [0.1, 0.15) is 12.2 Å². The third-order valence-corrected chi connectivity index (χ3v) is 2.25. The second kappa shape index (κ2) is 5.55. The molecule has 0 unspecified atom stereocenters. The molecule has 2 rings (SSSR count). The molecule has 9 heteroatoms. The number of alkyl halides is 2. The molecule has 2 aromatic heterocycles. The minimum atomic E-state index is -2.91. The largest absolute Gasteiger partial charge is 0.461 e. The molecule has 0 atom stereocenters. The van der Waals surface area contributed by atoms with Crippen molar-refractivity contribution in [2.45, 2.75) is 19.9 Å². The van der Waals surface area contributed by atoms with E-state index in [4.69, 9.17) is 4.52 Å². The monoisotopic (exact) mass is 272 g/mol. The van der Waals surface area contributed by atoms with E-state index in [-0.39, 0.29) is 13.2 Å². The summed E-state index contributed by atoms with van der Waals surface area (Å²) in [5, 5.41) is 10.4. The third-order valence-electron chi connectivity index (χ3n) is 2.25. The zero-order valence-electron chi connectivity index (χ0n) is 9.92. The number of aromatic nitrogens is 4. The molecule has 102 valence electrons. The Morgan fingerprint density at radius 1 is 1.58 bits per heavy atom. The van der Waals surface area contributed by atoms with Crippen molar-refractivity contribution in [3.8, 4) is 0 Å². The van der Waals surface area contributed by atoms with E-state index >= 15 is 0 Å². The van der Waals surface area contributed by atoms with Crippen LogP contribution in [0.15, 0.2) is 16.8 Å². The Labute approximate surface area is 106 Å². The van der Waals surface area contributed by atoms with Gasteiger partial charge in [0.05, 0.1) is 12.8 Å². The number of carbonyl (C=O) groups excluding carboxylic acids is 1. The molecule has 0 N–H and O–H groups in total. The fraction of sp³-hybridized carbons (Fsp3) is 0.400. The van der Waals surface area contributed by atoms with Crippen LogP contribution in [-0.4, -0.2) is 32.7 Å². The van der Waals surface area contributed by atoms with Crippen molar-refractivity contribution < 1.29 is 22.8 Å². The van der Waals surface area contributed by atoms with E-state index in [1.807, 2.05) is 0 Å².